The monoisotopic (exact) mass is 615 g/mol. The van der Waals surface area contributed by atoms with Crippen LogP contribution in [0, 0.1) is 11.3 Å². The number of amides is 2. The van der Waals surface area contributed by atoms with E-state index in [9.17, 15) is 24.4 Å². The van der Waals surface area contributed by atoms with E-state index in [0.717, 1.165) is 16.7 Å². The number of hydrogen-bond donors (Lipinski definition) is 0. The van der Waals surface area contributed by atoms with Crippen molar-refractivity contribution in [3.8, 4) is 17.3 Å². The molecule has 1 aliphatic heterocycles. The third kappa shape index (κ3) is 6.21. The van der Waals surface area contributed by atoms with E-state index in [2.05, 4.69) is 11.1 Å². The number of nitriles is 1. The van der Waals surface area contributed by atoms with Crippen molar-refractivity contribution in [1.82, 2.24) is 4.98 Å². The van der Waals surface area contributed by atoms with Crippen molar-refractivity contribution in [3.05, 3.63) is 112 Å². The van der Waals surface area contributed by atoms with Crippen molar-refractivity contribution >= 4 is 64.2 Å². The lowest BCUT2D eigenvalue weighted by atomic mass is 10.1. The lowest BCUT2D eigenvalue weighted by Crippen LogP contribution is -2.31. The van der Waals surface area contributed by atoms with Crippen LogP contribution in [0.15, 0.2) is 90.0 Å². The summed E-state index contributed by atoms with van der Waals surface area (Å²) in [6.07, 6.45) is -0.0943. The van der Waals surface area contributed by atoms with E-state index in [4.69, 9.17) is 27.9 Å². The van der Waals surface area contributed by atoms with Crippen molar-refractivity contribution < 1.29 is 23.9 Å². The SMILES string of the molecule is N#Cc1ccc(-c2ccccc2Cl)nc1SC1CC(=O)N(c2ccc(C(=O)OCC(=O)c3ccc(Cl)cc3)cc2)C1=O. The summed E-state index contributed by atoms with van der Waals surface area (Å²) in [5.41, 5.74) is 2.26. The molecule has 2 amide bonds. The lowest BCUT2D eigenvalue weighted by molar-refractivity contribution is -0.121. The molecule has 0 N–H and O–H groups in total. The molecule has 2 heterocycles. The molecule has 42 heavy (non-hydrogen) atoms. The minimum atomic E-state index is -0.804. The Morgan fingerprint density at radius 2 is 1.64 bits per heavy atom. The first-order valence-corrected chi connectivity index (χ1v) is 14.1. The van der Waals surface area contributed by atoms with Gasteiger partial charge in [0.15, 0.2) is 12.4 Å². The van der Waals surface area contributed by atoms with Crippen LogP contribution in [0.3, 0.4) is 0 Å². The zero-order valence-corrected chi connectivity index (χ0v) is 23.9. The highest BCUT2D eigenvalue weighted by atomic mass is 35.5. The zero-order valence-electron chi connectivity index (χ0n) is 21.6. The number of halogens is 2. The van der Waals surface area contributed by atoms with E-state index in [1.807, 2.05) is 6.07 Å². The van der Waals surface area contributed by atoms with Gasteiger partial charge in [0, 0.05) is 27.6 Å². The number of pyridine rings is 1. The van der Waals surface area contributed by atoms with Crippen LogP contribution < -0.4 is 4.90 Å². The Hall–Kier alpha value is -4.49. The van der Waals surface area contributed by atoms with E-state index in [0.29, 0.717) is 31.9 Å². The Balaban J connectivity index is 1.26. The largest absolute Gasteiger partial charge is 0.454 e. The van der Waals surface area contributed by atoms with Crippen LogP contribution in [-0.2, 0) is 14.3 Å². The number of imide groups is 1. The minimum Gasteiger partial charge on any atom is -0.454 e. The van der Waals surface area contributed by atoms with Gasteiger partial charge in [-0.2, -0.15) is 5.26 Å². The number of ketones is 1. The number of aromatic nitrogens is 1. The predicted molar refractivity (Wildman–Crippen MR) is 159 cm³/mol. The van der Waals surface area contributed by atoms with Gasteiger partial charge < -0.3 is 4.74 Å². The van der Waals surface area contributed by atoms with Crippen LogP contribution >= 0.6 is 35.0 Å². The fourth-order valence-corrected chi connectivity index (χ4v) is 5.67. The van der Waals surface area contributed by atoms with E-state index < -0.39 is 29.6 Å². The number of carbonyl (C=O) groups excluding carboxylic acids is 4. The first kappa shape index (κ1) is 29.0. The zero-order chi connectivity index (χ0) is 29.8. The maximum Gasteiger partial charge on any atom is 0.338 e. The second-order valence-corrected chi connectivity index (χ2v) is 11.1. The summed E-state index contributed by atoms with van der Waals surface area (Å²) >= 11 is 13.2. The molecule has 1 atom stereocenters. The molecular weight excluding hydrogens is 597 g/mol. The average Bonchev–Trinajstić information content (AvgIpc) is 3.28. The molecule has 4 aromatic rings. The maximum atomic E-state index is 13.3. The van der Waals surface area contributed by atoms with Gasteiger partial charge in [-0.1, -0.05) is 53.2 Å². The number of thioether (sulfide) groups is 1. The molecule has 0 aliphatic carbocycles. The summed E-state index contributed by atoms with van der Waals surface area (Å²) in [5, 5.41) is 10.1. The summed E-state index contributed by atoms with van der Waals surface area (Å²) < 4.78 is 5.12. The molecule has 0 saturated carbocycles. The first-order chi connectivity index (χ1) is 20.2. The van der Waals surface area contributed by atoms with Gasteiger partial charge in [-0.15, -0.1) is 0 Å². The number of esters is 1. The Labute approximate surface area is 254 Å². The van der Waals surface area contributed by atoms with E-state index in [1.165, 1.54) is 36.4 Å². The number of ether oxygens (including phenoxy) is 1. The summed E-state index contributed by atoms with van der Waals surface area (Å²) in [6.45, 7) is -0.458. The standard InChI is InChI=1S/C31H19Cl2N3O5S/c32-21-10-5-18(6-11-21)26(37)17-41-31(40)19-7-12-22(13-8-19)36-28(38)15-27(30(36)39)42-29-20(16-34)9-14-25(35-29)23-3-1-2-4-24(23)33/h1-14,27H,15,17H2. The fourth-order valence-electron chi connectivity index (χ4n) is 4.22. The van der Waals surface area contributed by atoms with Crippen LogP contribution in [0.4, 0.5) is 5.69 Å². The molecule has 1 unspecified atom stereocenters. The number of nitrogens with zero attached hydrogens (tertiary/aromatic N) is 3. The third-order valence-corrected chi connectivity index (χ3v) is 8.12. The number of benzene rings is 3. The third-order valence-electron chi connectivity index (χ3n) is 6.35. The minimum absolute atomic E-state index is 0.0943. The van der Waals surface area contributed by atoms with E-state index >= 15 is 0 Å². The van der Waals surface area contributed by atoms with E-state index in [-0.39, 0.29) is 29.0 Å². The van der Waals surface area contributed by atoms with Gasteiger partial charge in [-0.25, -0.2) is 14.7 Å². The molecule has 3 aromatic carbocycles. The van der Waals surface area contributed by atoms with Crippen molar-refractivity contribution in [1.29, 1.82) is 5.26 Å². The molecule has 208 valence electrons. The molecule has 5 rings (SSSR count). The quantitative estimate of drug-likeness (QED) is 0.127. The van der Waals surface area contributed by atoms with Gasteiger partial charge >= 0.3 is 5.97 Å². The predicted octanol–water partition coefficient (Wildman–Crippen LogP) is 6.39. The van der Waals surface area contributed by atoms with Gasteiger partial charge in [0.25, 0.3) is 0 Å². The summed E-state index contributed by atoms with van der Waals surface area (Å²) in [5.74, 6) is -2.02. The molecule has 1 aliphatic rings. The smallest absolute Gasteiger partial charge is 0.338 e. The normalized spacial score (nSPS) is 14.5. The van der Waals surface area contributed by atoms with Crippen LogP contribution in [-0.4, -0.2) is 40.4 Å². The number of Topliss-reactive ketones (excluding diaryl/α,β-unsaturated/α-hetero) is 1. The Morgan fingerprint density at radius 1 is 0.952 bits per heavy atom. The molecule has 0 spiro atoms. The van der Waals surface area contributed by atoms with Gasteiger partial charge in [-0.05, 0) is 66.7 Å². The highest BCUT2D eigenvalue weighted by Gasteiger charge is 2.41. The second kappa shape index (κ2) is 12.6. The topological polar surface area (TPSA) is 117 Å². The Kier molecular flexibility index (Phi) is 8.69. The number of rotatable bonds is 8. The van der Waals surface area contributed by atoms with Crippen LogP contribution in [0.5, 0.6) is 0 Å². The highest BCUT2D eigenvalue weighted by molar-refractivity contribution is 8.00. The first-order valence-electron chi connectivity index (χ1n) is 12.5. The molecule has 11 heteroatoms. The molecule has 0 bridgehead atoms. The van der Waals surface area contributed by atoms with Gasteiger partial charge in [0.05, 0.1) is 27.8 Å². The fraction of sp³-hybridized carbons (Fsp3) is 0.0968. The molecule has 8 nitrogen and oxygen atoms in total. The molecular formula is C31H19Cl2N3O5S. The van der Waals surface area contributed by atoms with Crippen LogP contribution in [0.2, 0.25) is 10.0 Å². The van der Waals surface area contributed by atoms with Gasteiger partial charge in [-0.3, -0.25) is 14.4 Å². The average molecular weight is 616 g/mol. The summed E-state index contributed by atoms with van der Waals surface area (Å²) in [4.78, 5) is 56.5. The molecule has 1 fully saturated rings. The molecule has 0 radical (unpaired) electrons. The number of anilines is 1. The number of carbonyl (C=O) groups is 4. The number of hydrogen-bond acceptors (Lipinski definition) is 8. The van der Waals surface area contributed by atoms with Gasteiger partial charge in [0.2, 0.25) is 11.8 Å². The second-order valence-electron chi connectivity index (χ2n) is 9.07. The molecule has 1 saturated heterocycles. The van der Waals surface area contributed by atoms with Crippen molar-refractivity contribution in [2.75, 3.05) is 11.5 Å². The van der Waals surface area contributed by atoms with Crippen molar-refractivity contribution in [2.24, 2.45) is 0 Å². The van der Waals surface area contributed by atoms with E-state index in [1.54, 1.807) is 42.5 Å². The van der Waals surface area contributed by atoms with Crippen LogP contribution in [0.1, 0.15) is 32.7 Å². The van der Waals surface area contributed by atoms with Crippen LogP contribution in [0.25, 0.3) is 11.3 Å². The highest BCUT2D eigenvalue weighted by Crippen LogP contribution is 2.36. The maximum absolute atomic E-state index is 13.3. The lowest BCUT2D eigenvalue weighted by Gasteiger charge is -2.15. The summed E-state index contributed by atoms with van der Waals surface area (Å²) in [6, 6.07) is 24.4. The van der Waals surface area contributed by atoms with Gasteiger partial charge in [0.1, 0.15) is 11.1 Å². The molecule has 1 aromatic heterocycles. The van der Waals surface area contributed by atoms with Crippen molar-refractivity contribution in [3.63, 3.8) is 0 Å². The Morgan fingerprint density at radius 3 is 2.33 bits per heavy atom. The summed E-state index contributed by atoms with van der Waals surface area (Å²) in [7, 11) is 0. The van der Waals surface area contributed by atoms with Crippen molar-refractivity contribution in [2.45, 2.75) is 16.7 Å². The Bertz CT molecular complexity index is 1750.